The fourth-order valence-electron chi connectivity index (χ4n) is 2.67. The molecule has 4 nitrogen and oxygen atoms in total. The van der Waals surface area contributed by atoms with Crippen LogP contribution < -0.4 is 0 Å². The van der Waals surface area contributed by atoms with Gasteiger partial charge in [-0.15, -0.1) is 11.3 Å². The molecule has 116 valence electrons. The fraction of sp³-hybridized carbons (Fsp3) is 0.333. The van der Waals surface area contributed by atoms with Gasteiger partial charge in [0.05, 0.1) is 11.4 Å². The molecule has 1 amide bonds. The van der Waals surface area contributed by atoms with Crippen molar-refractivity contribution in [1.82, 2.24) is 4.90 Å². The van der Waals surface area contributed by atoms with Crippen LogP contribution in [0.4, 0.5) is 8.78 Å². The molecule has 1 saturated heterocycles. The lowest BCUT2D eigenvalue weighted by molar-refractivity contribution is -0.149. The van der Waals surface area contributed by atoms with Gasteiger partial charge in [0.15, 0.2) is 0 Å². The van der Waals surface area contributed by atoms with Crippen LogP contribution in [0.15, 0.2) is 18.2 Å². The molecule has 0 saturated carbocycles. The van der Waals surface area contributed by atoms with Crippen molar-refractivity contribution in [3.8, 4) is 0 Å². The zero-order valence-corrected chi connectivity index (χ0v) is 12.5. The first-order chi connectivity index (χ1) is 10.3. The highest BCUT2D eigenvalue weighted by molar-refractivity contribution is 7.21. The van der Waals surface area contributed by atoms with E-state index in [0.29, 0.717) is 15.1 Å². The summed E-state index contributed by atoms with van der Waals surface area (Å²) in [4.78, 5) is 25.0. The van der Waals surface area contributed by atoms with Gasteiger partial charge in [-0.05, 0) is 30.0 Å². The van der Waals surface area contributed by atoms with E-state index >= 15 is 0 Å². The van der Waals surface area contributed by atoms with E-state index in [-0.39, 0.29) is 18.8 Å². The number of hydrogen-bond acceptors (Lipinski definition) is 3. The van der Waals surface area contributed by atoms with E-state index in [0.717, 1.165) is 16.7 Å². The highest BCUT2D eigenvalue weighted by Gasteiger charge is 2.47. The van der Waals surface area contributed by atoms with Crippen LogP contribution in [0.3, 0.4) is 0 Å². The Morgan fingerprint density at radius 2 is 2.14 bits per heavy atom. The van der Waals surface area contributed by atoms with Crippen LogP contribution in [0.5, 0.6) is 0 Å². The minimum Gasteiger partial charge on any atom is -0.479 e. The molecule has 1 fully saturated rings. The summed E-state index contributed by atoms with van der Waals surface area (Å²) >= 11 is 1.14. The summed E-state index contributed by atoms with van der Waals surface area (Å²) in [6.45, 7) is 1.35. The number of hydrogen-bond donors (Lipinski definition) is 1. The van der Waals surface area contributed by atoms with Crippen molar-refractivity contribution >= 4 is 33.3 Å². The number of carbonyl (C=O) groups excluding carboxylic acids is 1. The van der Waals surface area contributed by atoms with Crippen LogP contribution >= 0.6 is 11.3 Å². The number of nitrogens with zero attached hydrogens (tertiary/aromatic N) is 1. The molecule has 0 aliphatic carbocycles. The number of benzene rings is 1. The summed E-state index contributed by atoms with van der Waals surface area (Å²) in [6.07, 6.45) is -0.216. The van der Waals surface area contributed by atoms with E-state index in [2.05, 4.69) is 0 Å². The lowest BCUT2D eigenvalue weighted by Crippen LogP contribution is -2.38. The quantitative estimate of drug-likeness (QED) is 0.923. The van der Waals surface area contributed by atoms with E-state index in [4.69, 9.17) is 5.11 Å². The lowest BCUT2D eigenvalue weighted by atomic mass is 10.1. The number of aliphatic carboxylic acids is 1. The van der Waals surface area contributed by atoms with Gasteiger partial charge in [0, 0.05) is 17.7 Å². The minimum atomic E-state index is -2.38. The van der Waals surface area contributed by atoms with Gasteiger partial charge in [-0.25, -0.2) is 13.6 Å². The van der Waals surface area contributed by atoms with E-state index in [1.807, 2.05) is 0 Å². The number of carboxylic acids is 1. The molecule has 0 spiro atoms. The topological polar surface area (TPSA) is 57.6 Å². The third-order valence-corrected chi connectivity index (χ3v) is 5.23. The van der Waals surface area contributed by atoms with Gasteiger partial charge in [0.2, 0.25) is 5.67 Å². The molecular weight excluding hydrogens is 312 g/mol. The number of rotatable bonds is 2. The smallest absolute Gasteiger partial charge is 0.343 e. The first kappa shape index (κ1) is 14.9. The molecule has 1 N–H and O–H groups in total. The number of halogens is 2. The van der Waals surface area contributed by atoms with Crippen molar-refractivity contribution in [2.75, 3.05) is 13.1 Å². The average molecular weight is 325 g/mol. The fourth-order valence-corrected chi connectivity index (χ4v) is 3.87. The zero-order valence-electron chi connectivity index (χ0n) is 11.7. The Labute approximate surface area is 129 Å². The predicted molar refractivity (Wildman–Crippen MR) is 78.5 cm³/mol. The predicted octanol–water partition coefficient (Wildman–Crippen LogP) is 2.99. The van der Waals surface area contributed by atoms with Crippen molar-refractivity contribution in [3.63, 3.8) is 0 Å². The SMILES string of the molecule is Cc1c(C(=O)N2CCC(F)(C(=O)O)C2)sc2cc(F)ccc12. The molecule has 1 aromatic carbocycles. The number of aryl methyl sites for hydroxylation is 1. The Morgan fingerprint density at radius 1 is 1.41 bits per heavy atom. The summed E-state index contributed by atoms with van der Waals surface area (Å²) in [5.74, 6) is -2.33. The lowest BCUT2D eigenvalue weighted by Gasteiger charge is -2.17. The Kier molecular flexibility index (Phi) is 3.40. The maximum Gasteiger partial charge on any atom is 0.343 e. The van der Waals surface area contributed by atoms with E-state index in [1.165, 1.54) is 17.0 Å². The highest BCUT2D eigenvalue weighted by atomic mass is 32.1. The number of amides is 1. The summed E-state index contributed by atoms with van der Waals surface area (Å²) in [7, 11) is 0. The average Bonchev–Trinajstić information content (AvgIpc) is 3.01. The molecule has 1 atom stereocenters. The maximum atomic E-state index is 14.1. The Bertz CT molecular complexity index is 788. The Morgan fingerprint density at radius 3 is 2.77 bits per heavy atom. The third-order valence-electron chi connectivity index (χ3n) is 3.98. The Balaban J connectivity index is 1.93. The van der Waals surface area contributed by atoms with Crippen molar-refractivity contribution in [2.24, 2.45) is 0 Å². The van der Waals surface area contributed by atoms with Crippen LogP contribution in [0.25, 0.3) is 10.1 Å². The van der Waals surface area contributed by atoms with E-state index < -0.39 is 24.1 Å². The second-order valence-electron chi connectivity index (χ2n) is 5.44. The Hall–Kier alpha value is -2.02. The summed E-state index contributed by atoms with van der Waals surface area (Å²) in [6, 6.07) is 4.28. The van der Waals surface area contributed by atoms with Gasteiger partial charge in [0.1, 0.15) is 5.82 Å². The molecular formula is C15H13F2NO3S. The van der Waals surface area contributed by atoms with Gasteiger partial charge < -0.3 is 10.0 Å². The maximum absolute atomic E-state index is 14.1. The highest BCUT2D eigenvalue weighted by Crippen LogP contribution is 2.34. The zero-order chi connectivity index (χ0) is 16.1. The second kappa shape index (κ2) is 5.01. The number of carbonyl (C=O) groups is 2. The normalized spacial score (nSPS) is 21.5. The number of carboxylic acid groups (broad SMARTS) is 1. The van der Waals surface area contributed by atoms with Crippen molar-refractivity contribution in [3.05, 3.63) is 34.5 Å². The molecule has 7 heteroatoms. The minimum absolute atomic E-state index is 0.0592. The number of alkyl halides is 1. The number of fused-ring (bicyclic) bond motifs is 1. The third kappa shape index (κ3) is 2.25. The van der Waals surface area contributed by atoms with E-state index in [9.17, 15) is 18.4 Å². The number of likely N-dealkylation sites (tertiary alicyclic amines) is 1. The van der Waals surface area contributed by atoms with Gasteiger partial charge in [-0.2, -0.15) is 0 Å². The first-order valence-electron chi connectivity index (χ1n) is 6.72. The molecule has 3 rings (SSSR count). The van der Waals surface area contributed by atoms with Crippen molar-refractivity contribution < 1.29 is 23.5 Å². The summed E-state index contributed by atoms with van der Waals surface area (Å²) in [5, 5.41) is 9.67. The molecule has 1 aromatic heterocycles. The molecule has 1 aliphatic rings. The van der Waals surface area contributed by atoms with Gasteiger partial charge in [-0.3, -0.25) is 4.79 Å². The van der Waals surface area contributed by atoms with Crippen LogP contribution in [0, 0.1) is 12.7 Å². The van der Waals surface area contributed by atoms with Gasteiger partial charge in [-0.1, -0.05) is 6.07 Å². The van der Waals surface area contributed by atoms with Crippen LogP contribution in [-0.2, 0) is 4.79 Å². The second-order valence-corrected chi connectivity index (χ2v) is 6.50. The van der Waals surface area contributed by atoms with Crippen LogP contribution in [0.1, 0.15) is 21.7 Å². The molecule has 2 heterocycles. The van der Waals surface area contributed by atoms with E-state index in [1.54, 1.807) is 13.0 Å². The number of thiophene rings is 1. The van der Waals surface area contributed by atoms with Gasteiger partial charge >= 0.3 is 5.97 Å². The van der Waals surface area contributed by atoms with Gasteiger partial charge in [0.25, 0.3) is 5.91 Å². The molecule has 1 unspecified atom stereocenters. The first-order valence-corrected chi connectivity index (χ1v) is 7.54. The molecule has 1 aliphatic heterocycles. The van der Waals surface area contributed by atoms with Crippen molar-refractivity contribution in [2.45, 2.75) is 19.0 Å². The van der Waals surface area contributed by atoms with Crippen LogP contribution in [0.2, 0.25) is 0 Å². The van der Waals surface area contributed by atoms with Crippen molar-refractivity contribution in [1.29, 1.82) is 0 Å². The molecule has 2 aromatic rings. The molecule has 0 radical (unpaired) electrons. The van der Waals surface area contributed by atoms with Crippen LogP contribution in [-0.4, -0.2) is 40.6 Å². The summed E-state index contributed by atoms with van der Waals surface area (Å²) in [5.41, 5.74) is -1.68. The monoisotopic (exact) mass is 325 g/mol. The largest absolute Gasteiger partial charge is 0.479 e. The summed E-state index contributed by atoms with van der Waals surface area (Å²) < 4.78 is 28.0. The standard InChI is InChI=1S/C15H13F2NO3S/c1-8-10-3-2-9(16)6-11(10)22-12(8)13(19)18-5-4-15(17,7-18)14(20)21/h2-3,6H,4-5,7H2,1H3,(H,20,21). The molecule has 0 bridgehead atoms. The molecule has 22 heavy (non-hydrogen) atoms.